The number of hydrogen-bond acceptors (Lipinski definition) is 9. The number of imide groups is 1. The topological polar surface area (TPSA) is 207 Å². The summed E-state index contributed by atoms with van der Waals surface area (Å²) in [4.78, 5) is 62.0. The lowest BCUT2D eigenvalue weighted by atomic mass is 10.0. The molecule has 0 radical (unpaired) electrons. The average molecular weight is 727 g/mol. The van der Waals surface area contributed by atoms with Crippen LogP contribution in [0, 0.1) is 5.82 Å². The minimum atomic E-state index is -4.36. The van der Waals surface area contributed by atoms with Crippen molar-refractivity contribution in [2.45, 2.75) is 25.4 Å². The molecule has 8 rings (SSSR count). The van der Waals surface area contributed by atoms with Crippen LogP contribution >= 0.6 is 0 Å². The average Bonchev–Trinajstić information content (AvgIpc) is 3.69. The summed E-state index contributed by atoms with van der Waals surface area (Å²) in [5, 5.41) is 20.9. The lowest BCUT2D eigenvalue weighted by Gasteiger charge is -2.21. The molecule has 0 saturated carbocycles. The van der Waals surface area contributed by atoms with Gasteiger partial charge in [0.05, 0.1) is 16.6 Å². The number of halogens is 1. The molecule has 0 spiro atoms. The van der Waals surface area contributed by atoms with Crippen LogP contribution in [0.15, 0.2) is 71.7 Å². The van der Waals surface area contributed by atoms with Gasteiger partial charge >= 0.3 is 15.9 Å². The molecule has 4 amide bonds. The first-order valence-corrected chi connectivity index (χ1v) is 17.3. The van der Waals surface area contributed by atoms with Gasteiger partial charge < -0.3 is 10.4 Å². The van der Waals surface area contributed by atoms with E-state index in [-0.39, 0.29) is 47.4 Å². The van der Waals surface area contributed by atoms with E-state index < -0.39 is 57.8 Å². The van der Waals surface area contributed by atoms with Gasteiger partial charge in [-0.15, -0.1) is 0 Å². The second-order valence-corrected chi connectivity index (χ2v) is 14.2. The molecule has 4 aromatic carbocycles. The standard InChI is InChI=1S/C34H27FN8O8S/c1-40-26-12-18(3-7-24(26)43(34(40)49)25-8-9-28(45)37-33(25)48)17-2-6-23-20(10-17)14-41(38-23)15-29(46)36-21-4-5-22-19(11-21)13-27(44)32(31(22)35)42-16-30(47)39-52(42,50)51/h2-7,10-14,25,44H,8-9,15-16H2,1H3,(H,36,46)(H,39,47)(H,37,45,48). The van der Waals surface area contributed by atoms with E-state index in [1.807, 2.05) is 24.3 Å². The zero-order chi connectivity index (χ0) is 36.6. The number of rotatable bonds is 6. The maximum Gasteiger partial charge on any atom is 0.329 e. The van der Waals surface area contributed by atoms with Crippen molar-refractivity contribution in [3.05, 3.63) is 83.2 Å². The first-order chi connectivity index (χ1) is 24.8. The number of amides is 4. The second-order valence-electron chi connectivity index (χ2n) is 12.6. The molecule has 0 bridgehead atoms. The molecular weight excluding hydrogens is 699 g/mol. The Kier molecular flexibility index (Phi) is 7.38. The number of nitrogens with zero attached hydrogens (tertiary/aromatic N) is 5. The highest BCUT2D eigenvalue weighted by Gasteiger charge is 2.38. The number of aromatic nitrogens is 4. The molecule has 2 aliphatic heterocycles. The van der Waals surface area contributed by atoms with E-state index in [0.29, 0.717) is 20.9 Å². The lowest BCUT2D eigenvalue weighted by Crippen LogP contribution is -2.44. The molecule has 4 heterocycles. The van der Waals surface area contributed by atoms with Crippen molar-refractivity contribution in [1.82, 2.24) is 29.0 Å². The van der Waals surface area contributed by atoms with Crippen molar-refractivity contribution in [1.29, 1.82) is 0 Å². The number of carbonyl (C=O) groups excluding carboxylic acids is 4. The molecule has 2 fully saturated rings. The number of anilines is 2. The second kappa shape index (κ2) is 11.8. The third kappa shape index (κ3) is 5.39. The summed E-state index contributed by atoms with van der Waals surface area (Å²) < 4.78 is 46.4. The Bertz CT molecular complexity index is 2750. The van der Waals surface area contributed by atoms with Gasteiger partial charge in [0.2, 0.25) is 17.7 Å². The van der Waals surface area contributed by atoms with Crippen LogP contribution in [0.3, 0.4) is 0 Å². The van der Waals surface area contributed by atoms with Crippen LogP contribution in [-0.2, 0) is 43.0 Å². The number of benzene rings is 4. The van der Waals surface area contributed by atoms with Crippen molar-refractivity contribution < 1.29 is 37.1 Å². The number of phenolic OH excluding ortho intramolecular Hbond substituents is 1. The third-order valence-electron chi connectivity index (χ3n) is 9.19. The number of hydrogen-bond donors (Lipinski definition) is 4. The molecule has 2 aromatic heterocycles. The fourth-order valence-corrected chi connectivity index (χ4v) is 7.92. The van der Waals surface area contributed by atoms with E-state index in [9.17, 15) is 37.5 Å². The van der Waals surface area contributed by atoms with Crippen LogP contribution < -0.4 is 25.4 Å². The molecule has 16 nitrogen and oxygen atoms in total. The zero-order valence-electron chi connectivity index (χ0n) is 27.1. The molecule has 6 aromatic rings. The number of carbonyl (C=O) groups is 4. The van der Waals surface area contributed by atoms with Crippen LogP contribution in [0.1, 0.15) is 18.9 Å². The summed E-state index contributed by atoms with van der Waals surface area (Å²) in [6.07, 6.45) is 2.08. The third-order valence-corrected chi connectivity index (χ3v) is 10.6. The Balaban J connectivity index is 1.01. The van der Waals surface area contributed by atoms with Gasteiger partial charge in [-0.25, -0.2) is 18.2 Å². The van der Waals surface area contributed by atoms with Gasteiger partial charge in [0.15, 0.2) is 5.82 Å². The quantitative estimate of drug-likeness (QED) is 0.185. The van der Waals surface area contributed by atoms with Crippen LogP contribution in [0.5, 0.6) is 5.75 Å². The van der Waals surface area contributed by atoms with Gasteiger partial charge in [0, 0.05) is 36.1 Å². The highest BCUT2D eigenvalue weighted by molar-refractivity contribution is 7.92. The minimum absolute atomic E-state index is 0.0391. The summed E-state index contributed by atoms with van der Waals surface area (Å²) in [6, 6.07) is 15.5. The summed E-state index contributed by atoms with van der Waals surface area (Å²) in [5.74, 6) is -3.94. The predicted octanol–water partition coefficient (Wildman–Crippen LogP) is 2.15. The number of imidazole rings is 1. The molecule has 0 aliphatic carbocycles. The summed E-state index contributed by atoms with van der Waals surface area (Å²) in [6.45, 7) is -0.854. The monoisotopic (exact) mass is 726 g/mol. The number of piperidine rings is 1. The lowest BCUT2D eigenvalue weighted by molar-refractivity contribution is -0.135. The van der Waals surface area contributed by atoms with E-state index in [1.165, 1.54) is 32.0 Å². The Morgan fingerprint density at radius 3 is 2.50 bits per heavy atom. The summed E-state index contributed by atoms with van der Waals surface area (Å²) in [5.41, 5.74) is 2.67. The van der Waals surface area contributed by atoms with Gasteiger partial charge in [0.1, 0.15) is 30.6 Å². The molecule has 2 aliphatic rings. The number of phenols is 1. The van der Waals surface area contributed by atoms with Gasteiger partial charge in [-0.2, -0.15) is 13.5 Å². The van der Waals surface area contributed by atoms with Crippen LogP contribution in [-0.4, -0.2) is 62.6 Å². The first kappa shape index (κ1) is 32.6. The fourth-order valence-electron chi connectivity index (χ4n) is 6.76. The highest BCUT2D eigenvalue weighted by Crippen LogP contribution is 2.39. The van der Waals surface area contributed by atoms with Gasteiger partial charge in [-0.3, -0.25) is 38.3 Å². The van der Waals surface area contributed by atoms with Gasteiger partial charge in [-0.05, 0) is 71.5 Å². The number of nitrogens with one attached hydrogen (secondary N) is 3. The molecule has 1 atom stereocenters. The number of aromatic hydroxyl groups is 1. The van der Waals surface area contributed by atoms with Crippen molar-refractivity contribution in [2.75, 3.05) is 16.2 Å². The first-order valence-electron chi connectivity index (χ1n) is 15.9. The molecule has 264 valence electrons. The maximum atomic E-state index is 15.4. The smallest absolute Gasteiger partial charge is 0.329 e. The van der Waals surface area contributed by atoms with Crippen molar-refractivity contribution in [3.63, 3.8) is 0 Å². The summed E-state index contributed by atoms with van der Waals surface area (Å²) >= 11 is 0. The molecule has 4 N–H and O–H groups in total. The molecule has 52 heavy (non-hydrogen) atoms. The van der Waals surface area contributed by atoms with Crippen molar-refractivity contribution in [3.8, 4) is 16.9 Å². The SMILES string of the molecule is Cn1c(=O)n(C2CCC(=O)NC2=O)c2ccc(-c3ccc4nn(CC(=O)Nc5ccc6c(F)c(N7CC(=O)NS7(=O)=O)c(O)cc6c5)cc4c3)cc21. The largest absolute Gasteiger partial charge is 0.506 e. The van der Waals surface area contributed by atoms with Crippen LogP contribution in [0.2, 0.25) is 0 Å². The molecule has 2 saturated heterocycles. The molecule has 1 unspecified atom stereocenters. The maximum absolute atomic E-state index is 15.4. The molecule has 18 heteroatoms. The van der Waals surface area contributed by atoms with Crippen molar-refractivity contribution >= 4 is 77.9 Å². The van der Waals surface area contributed by atoms with E-state index >= 15 is 4.39 Å². The van der Waals surface area contributed by atoms with E-state index in [4.69, 9.17) is 0 Å². The van der Waals surface area contributed by atoms with E-state index in [1.54, 1.807) is 30.1 Å². The number of aryl methyl sites for hydroxylation is 1. The predicted molar refractivity (Wildman–Crippen MR) is 186 cm³/mol. The normalized spacial score (nSPS) is 17.2. The zero-order valence-corrected chi connectivity index (χ0v) is 27.9. The highest BCUT2D eigenvalue weighted by atomic mass is 32.2. The van der Waals surface area contributed by atoms with Crippen LogP contribution in [0.4, 0.5) is 15.8 Å². The van der Waals surface area contributed by atoms with E-state index in [0.717, 1.165) is 22.6 Å². The minimum Gasteiger partial charge on any atom is -0.506 e. The van der Waals surface area contributed by atoms with Crippen LogP contribution in [0.25, 0.3) is 43.8 Å². The van der Waals surface area contributed by atoms with Crippen molar-refractivity contribution in [2.24, 2.45) is 7.05 Å². The van der Waals surface area contributed by atoms with E-state index in [2.05, 4.69) is 15.7 Å². The van der Waals surface area contributed by atoms with Gasteiger partial charge in [0.25, 0.3) is 5.91 Å². The Morgan fingerprint density at radius 1 is 0.981 bits per heavy atom. The Labute approximate surface area is 292 Å². The molecular formula is C34H27FN8O8S. The Hall–Kier alpha value is -6.56. The Morgan fingerprint density at radius 2 is 1.75 bits per heavy atom. The summed E-state index contributed by atoms with van der Waals surface area (Å²) in [7, 11) is -2.74. The fraction of sp³-hybridized carbons (Fsp3) is 0.176. The number of fused-ring (bicyclic) bond motifs is 3. The van der Waals surface area contributed by atoms with Gasteiger partial charge in [-0.1, -0.05) is 12.1 Å².